The Kier molecular flexibility index (Phi) is 8.64. The summed E-state index contributed by atoms with van der Waals surface area (Å²) in [7, 11) is -1.22. The number of pyridine rings is 2. The number of aromatic nitrogens is 4. The average molecular weight is 627 g/mol. The fourth-order valence-electron chi connectivity index (χ4n) is 4.46. The van der Waals surface area contributed by atoms with Gasteiger partial charge in [-0.05, 0) is 51.1 Å². The number of fused-ring (bicyclic) bond motifs is 2. The number of nitrogens with one attached hydrogen (secondary N) is 1. The van der Waals surface area contributed by atoms with Gasteiger partial charge in [-0.25, -0.2) is 23.8 Å². The molecule has 0 bridgehead atoms. The molecule has 0 fully saturated rings. The van der Waals surface area contributed by atoms with E-state index in [1.54, 1.807) is 50.0 Å². The highest BCUT2D eigenvalue weighted by molar-refractivity contribution is 6.76. The van der Waals surface area contributed by atoms with E-state index in [4.69, 9.17) is 25.8 Å². The van der Waals surface area contributed by atoms with Gasteiger partial charge in [-0.15, -0.1) is 14.1 Å². The third kappa shape index (κ3) is 7.26. The zero-order valence-corrected chi connectivity index (χ0v) is 27.0. The predicted molar refractivity (Wildman–Crippen MR) is 169 cm³/mol. The van der Waals surface area contributed by atoms with Crippen LogP contribution in [0.4, 0.5) is 26.4 Å². The van der Waals surface area contributed by atoms with Crippen molar-refractivity contribution in [2.75, 3.05) is 30.0 Å². The van der Waals surface area contributed by atoms with E-state index in [2.05, 4.69) is 40.0 Å². The predicted octanol–water partition coefficient (Wildman–Crippen LogP) is 7.48. The molecule has 0 atom stereocenters. The molecule has 1 aliphatic heterocycles. The maximum Gasteiger partial charge on any atom is 0.416 e. The molecule has 1 aliphatic rings. The van der Waals surface area contributed by atoms with Gasteiger partial charge in [0.05, 0.1) is 35.2 Å². The molecule has 0 saturated heterocycles. The molecule has 0 unspecified atom stereocenters. The average Bonchev–Trinajstić information content (AvgIpc) is 3.34. The van der Waals surface area contributed by atoms with Gasteiger partial charge in [0, 0.05) is 23.4 Å². The first-order valence-corrected chi connectivity index (χ1v) is 18.2. The van der Waals surface area contributed by atoms with Crippen molar-refractivity contribution in [3.63, 3.8) is 0 Å². The number of anilines is 3. The van der Waals surface area contributed by atoms with Crippen molar-refractivity contribution in [2.24, 2.45) is 0 Å². The first kappa shape index (κ1) is 30.7. The van der Waals surface area contributed by atoms with E-state index in [1.165, 1.54) is 23.1 Å². The summed E-state index contributed by atoms with van der Waals surface area (Å²) < 4.78 is 34.3. The quantitative estimate of drug-likeness (QED) is 0.159. The lowest BCUT2D eigenvalue weighted by Crippen LogP contribution is -2.42. The standard InChI is InChI=1S/C30H36ClFN6O4Si/c1-30(2,3)42-29(39)37-11-12-41-26-25(16-24(36-28(26)37)20-15-19(31)7-8-22(20)32)35-23-9-10-33-27-21(23)17-34-38(27)18-40-13-14-43(4,5)6/h7-10,15-17H,11-14,18H2,1-6H3,(H,33,35,36)/q-1. The second-order valence-corrected chi connectivity index (χ2v) is 18.6. The van der Waals surface area contributed by atoms with Crippen molar-refractivity contribution in [2.45, 2.75) is 58.8 Å². The van der Waals surface area contributed by atoms with E-state index in [9.17, 15) is 4.79 Å². The van der Waals surface area contributed by atoms with E-state index in [-0.39, 0.29) is 37.0 Å². The molecule has 3 aromatic heterocycles. The molecule has 10 nitrogen and oxygen atoms in total. The number of rotatable bonds is 8. The van der Waals surface area contributed by atoms with Gasteiger partial charge >= 0.3 is 6.09 Å². The topological polar surface area (TPSA) is 104 Å². The zero-order chi connectivity index (χ0) is 30.9. The Morgan fingerprint density at radius 2 is 1.98 bits per heavy atom. The van der Waals surface area contributed by atoms with Crippen LogP contribution in [-0.2, 0) is 16.2 Å². The maximum atomic E-state index is 15.0. The fraction of sp³-hybridized carbons (Fsp3) is 0.400. The molecule has 0 radical (unpaired) electrons. The van der Waals surface area contributed by atoms with Crippen molar-refractivity contribution in [1.29, 1.82) is 0 Å². The number of ether oxygens (including phenoxy) is 3. The number of halogens is 2. The highest BCUT2D eigenvalue weighted by Crippen LogP contribution is 2.43. The Morgan fingerprint density at radius 3 is 2.72 bits per heavy atom. The Hall–Kier alpha value is -3.74. The second kappa shape index (κ2) is 12.1. The van der Waals surface area contributed by atoms with Gasteiger partial charge in [-0.2, -0.15) is 24.7 Å². The minimum absolute atomic E-state index is 0.177. The summed E-state index contributed by atoms with van der Waals surface area (Å²) in [6, 6.07) is 8.77. The number of nitrogens with zero attached hydrogens (tertiary/aromatic N) is 5. The second-order valence-electron chi connectivity index (χ2n) is 12.5. The van der Waals surface area contributed by atoms with Crippen molar-refractivity contribution in [3.05, 3.63) is 53.6 Å². The van der Waals surface area contributed by atoms with Gasteiger partial charge in [0.15, 0.2) is 17.2 Å². The van der Waals surface area contributed by atoms with Crippen LogP contribution >= 0.6 is 11.6 Å². The molecule has 5 rings (SSSR count). The first-order chi connectivity index (χ1) is 20.3. The van der Waals surface area contributed by atoms with E-state index in [1.807, 2.05) is 0 Å². The van der Waals surface area contributed by atoms with Crippen molar-refractivity contribution >= 4 is 54.0 Å². The van der Waals surface area contributed by atoms with Gasteiger partial charge in [-0.1, -0.05) is 11.6 Å². The van der Waals surface area contributed by atoms with Crippen LogP contribution in [0, 0.1) is 5.82 Å². The minimum atomic E-state index is -1.22. The third-order valence-electron chi connectivity index (χ3n) is 6.61. The monoisotopic (exact) mass is 626 g/mol. The highest BCUT2D eigenvalue weighted by atomic mass is 35.5. The largest absolute Gasteiger partial charge is 0.486 e. The van der Waals surface area contributed by atoms with E-state index >= 15 is 4.39 Å². The molecular weight excluding hydrogens is 591 g/mol. The van der Waals surface area contributed by atoms with Gasteiger partial charge in [0.2, 0.25) is 0 Å². The fourth-order valence-corrected chi connectivity index (χ4v) is 5.39. The molecule has 1 aromatic carbocycles. The molecular formula is C30H36ClFN6O4Si-. The number of carbonyl (C=O) groups is 1. The lowest BCUT2D eigenvalue weighted by Gasteiger charge is -2.32. The van der Waals surface area contributed by atoms with Crippen LogP contribution in [0.25, 0.3) is 22.3 Å². The normalized spacial score (nSPS) is 13.5. The zero-order valence-electron chi connectivity index (χ0n) is 25.2. The molecule has 1 N–H and O–H groups in total. The summed E-state index contributed by atoms with van der Waals surface area (Å²) in [6.45, 7) is 13.6. The summed E-state index contributed by atoms with van der Waals surface area (Å²) in [5, 5.41) is 8.99. The summed E-state index contributed by atoms with van der Waals surface area (Å²) in [5.41, 5.74) is 1.50. The molecule has 43 heavy (non-hydrogen) atoms. The van der Waals surface area contributed by atoms with Crippen molar-refractivity contribution in [3.8, 4) is 17.0 Å². The number of hydrogen-bond acceptors (Lipinski definition) is 8. The van der Waals surface area contributed by atoms with Gasteiger partial charge in [0.25, 0.3) is 0 Å². The highest BCUT2D eigenvalue weighted by Gasteiger charge is 2.32. The van der Waals surface area contributed by atoms with E-state index < -0.39 is 25.6 Å². The Bertz CT molecular complexity index is 1650. The number of amides is 1. The number of hydrogen-bond donors (Lipinski definition) is 1. The Balaban J connectivity index is 1.54. The van der Waals surface area contributed by atoms with Crippen LogP contribution in [0.3, 0.4) is 0 Å². The SMILES string of the molecule is CC(C)(C)OC(=O)N1CCOc2c(Nc3ccnc4c3cnn4COCC[Si-](C)(C)C)cc(-c3cc(Cl)ccc3F)nc21. The molecule has 0 saturated carbocycles. The smallest absolute Gasteiger partial charge is 0.416 e. The van der Waals surface area contributed by atoms with Gasteiger partial charge < -0.3 is 19.5 Å². The van der Waals surface area contributed by atoms with E-state index in [0.717, 1.165) is 11.4 Å². The van der Waals surface area contributed by atoms with Crippen LogP contribution in [-0.4, -0.2) is 59.3 Å². The summed E-state index contributed by atoms with van der Waals surface area (Å²) in [4.78, 5) is 23.8. The maximum absolute atomic E-state index is 15.0. The summed E-state index contributed by atoms with van der Waals surface area (Å²) in [6.07, 6.45) is 2.80. The van der Waals surface area contributed by atoms with Crippen LogP contribution in [0.15, 0.2) is 42.7 Å². The van der Waals surface area contributed by atoms with Crippen molar-refractivity contribution < 1.29 is 23.4 Å². The first-order valence-electron chi connectivity index (χ1n) is 14.1. The summed E-state index contributed by atoms with van der Waals surface area (Å²) in [5.74, 6) is 0.0250. The lowest BCUT2D eigenvalue weighted by atomic mass is 10.1. The lowest BCUT2D eigenvalue weighted by molar-refractivity contribution is 0.0566. The Labute approximate surface area is 256 Å². The molecule has 4 aromatic rings. The van der Waals surface area contributed by atoms with Crippen LogP contribution < -0.4 is 15.0 Å². The Morgan fingerprint density at radius 1 is 1.19 bits per heavy atom. The number of benzene rings is 1. The number of carbonyl (C=O) groups excluding carboxylic acids is 1. The van der Waals surface area contributed by atoms with Gasteiger partial charge in [0.1, 0.15) is 24.8 Å². The van der Waals surface area contributed by atoms with Crippen molar-refractivity contribution in [1.82, 2.24) is 19.7 Å². The summed E-state index contributed by atoms with van der Waals surface area (Å²) >= 11 is 6.22. The van der Waals surface area contributed by atoms with Crippen LogP contribution in [0.5, 0.6) is 5.75 Å². The molecule has 4 heterocycles. The molecule has 0 aliphatic carbocycles. The van der Waals surface area contributed by atoms with Gasteiger partial charge in [-0.3, -0.25) is 4.90 Å². The van der Waals surface area contributed by atoms with E-state index in [0.29, 0.717) is 34.4 Å². The van der Waals surface area contributed by atoms with Crippen LogP contribution in [0.1, 0.15) is 20.8 Å². The molecule has 13 heteroatoms. The molecule has 0 spiro atoms. The van der Waals surface area contributed by atoms with Crippen LogP contribution in [0.2, 0.25) is 30.7 Å². The molecule has 1 amide bonds. The third-order valence-corrected chi connectivity index (χ3v) is 8.55. The molecule has 229 valence electrons. The minimum Gasteiger partial charge on any atom is -0.486 e.